The smallest absolute Gasteiger partial charge is 0.101 e. The molecule has 0 bridgehead atoms. The standard InChI is InChI=1S/C15H22N2O2/c1-12-5-6-14(10-16)15(9-12)17(7-8-18-3)13(2)11-19-4/h5-6,9,13H,7-8,11H2,1-4H3. The van der Waals surface area contributed by atoms with Gasteiger partial charge in [-0.05, 0) is 31.5 Å². The number of hydrogen-bond donors (Lipinski definition) is 0. The predicted molar refractivity (Wildman–Crippen MR) is 76.5 cm³/mol. The molecular formula is C15H22N2O2. The lowest BCUT2D eigenvalue weighted by atomic mass is 10.1. The summed E-state index contributed by atoms with van der Waals surface area (Å²) in [5, 5.41) is 9.26. The molecule has 1 aromatic rings. The van der Waals surface area contributed by atoms with Crippen LogP contribution in [0, 0.1) is 18.3 Å². The van der Waals surface area contributed by atoms with Crippen molar-refractivity contribution in [1.82, 2.24) is 0 Å². The number of hydrogen-bond acceptors (Lipinski definition) is 4. The number of aryl methyl sites for hydroxylation is 1. The van der Waals surface area contributed by atoms with Crippen molar-refractivity contribution in [2.75, 3.05) is 38.9 Å². The highest BCUT2D eigenvalue weighted by atomic mass is 16.5. The zero-order valence-corrected chi connectivity index (χ0v) is 12.1. The van der Waals surface area contributed by atoms with Gasteiger partial charge in [0.1, 0.15) is 6.07 Å². The van der Waals surface area contributed by atoms with Crippen molar-refractivity contribution in [3.63, 3.8) is 0 Å². The van der Waals surface area contributed by atoms with Gasteiger partial charge >= 0.3 is 0 Å². The highest BCUT2D eigenvalue weighted by molar-refractivity contribution is 5.61. The summed E-state index contributed by atoms with van der Waals surface area (Å²) in [4.78, 5) is 2.17. The van der Waals surface area contributed by atoms with Gasteiger partial charge in [-0.2, -0.15) is 5.26 Å². The summed E-state index contributed by atoms with van der Waals surface area (Å²) in [6, 6.07) is 8.31. The van der Waals surface area contributed by atoms with Gasteiger partial charge in [-0.15, -0.1) is 0 Å². The summed E-state index contributed by atoms with van der Waals surface area (Å²) >= 11 is 0. The maximum Gasteiger partial charge on any atom is 0.101 e. The molecule has 1 atom stereocenters. The van der Waals surface area contributed by atoms with Gasteiger partial charge in [-0.25, -0.2) is 0 Å². The van der Waals surface area contributed by atoms with Crippen molar-refractivity contribution in [2.45, 2.75) is 19.9 Å². The van der Waals surface area contributed by atoms with E-state index in [2.05, 4.69) is 17.9 Å². The van der Waals surface area contributed by atoms with E-state index in [4.69, 9.17) is 9.47 Å². The molecule has 0 radical (unpaired) electrons. The SMILES string of the molecule is COCCN(c1cc(C)ccc1C#N)C(C)COC. The lowest BCUT2D eigenvalue weighted by Gasteiger charge is -2.31. The molecule has 19 heavy (non-hydrogen) atoms. The van der Waals surface area contributed by atoms with E-state index in [-0.39, 0.29) is 6.04 Å². The quantitative estimate of drug-likeness (QED) is 0.756. The Bertz CT molecular complexity index is 440. The van der Waals surface area contributed by atoms with E-state index in [1.54, 1.807) is 14.2 Å². The first-order valence-corrected chi connectivity index (χ1v) is 6.39. The molecule has 4 heteroatoms. The molecule has 0 fully saturated rings. The van der Waals surface area contributed by atoms with E-state index in [1.807, 2.05) is 25.1 Å². The topological polar surface area (TPSA) is 45.5 Å². The van der Waals surface area contributed by atoms with Gasteiger partial charge in [0.05, 0.1) is 24.5 Å². The monoisotopic (exact) mass is 262 g/mol. The van der Waals surface area contributed by atoms with E-state index in [0.29, 0.717) is 18.8 Å². The molecule has 0 aromatic heterocycles. The van der Waals surface area contributed by atoms with Gasteiger partial charge in [-0.1, -0.05) is 6.07 Å². The first-order chi connectivity index (χ1) is 9.13. The Balaban J connectivity index is 3.08. The summed E-state index contributed by atoms with van der Waals surface area (Å²) in [6.45, 7) is 6.08. The number of rotatable bonds is 7. The van der Waals surface area contributed by atoms with Crippen LogP contribution in [0.4, 0.5) is 5.69 Å². The molecule has 0 N–H and O–H groups in total. The molecule has 104 valence electrons. The Labute approximate surface area is 115 Å². The normalized spacial score (nSPS) is 11.9. The Morgan fingerprint density at radius 3 is 2.63 bits per heavy atom. The molecule has 0 aliphatic heterocycles. The summed E-state index contributed by atoms with van der Waals surface area (Å²) < 4.78 is 10.4. The molecule has 0 saturated carbocycles. The molecule has 4 nitrogen and oxygen atoms in total. The van der Waals surface area contributed by atoms with Crippen LogP contribution < -0.4 is 4.90 Å². The van der Waals surface area contributed by atoms with Crippen molar-refractivity contribution in [1.29, 1.82) is 5.26 Å². The van der Waals surface area contributed by atoms with Crippen molar-refractivity contribution >= 4 is 5.69 Å². The zero-order chi connectivity index (χ0) is 14.3. The number of nitrogens with zero attached hydrogens (tertiary/aromatic N) is 2. The number of nitriles is 1. The van der Waals surface area contributed by atoms with Crippen LogP contribution in [0.2, 0.25) is 0 Å². The molecule has 0 amide bonds. The van der Waals surface area contributed by atoms with Crippen molar-refractivity contribution in [3.8, 4) is 6.07 Å². The fourth-order valence-corrected chi connectivity index (χ4v) is 2.07. The molecular weight excluding hydrogens is 240 g/mol. The second-order valence-electron chi connectivity index (χ2n) is 4.62. The Kier molecular flexibility index (Phi) is 6.34. The zero-order valence-electron chi connectivity index (χ0n) is 12.1. The second kappa shape index (κ2) is 7.78. The summed E-state index contributed by atoms with van der Waals surface area (Å²) in [5.74, 6) is 0. The minimum absolute atomic E-state index is 0.189. The molecule has 0 aliphatic carbocycles. The van der Waals surface area contributed by atoms with Crippen LogP contribution in [0.15, 0.2) is 18.2 Å². The highest BCUT2D eigenvalue weighted by Crippen LogP contribution is 2.23. The van der Waals surface area contributed by atoms with Crippen molar-refractivity contribution in [3.05, 3.63) is 29.3 Å². The molecule has 0 spiro atoms. The maximum absolute atomic E-state index is 9.26. The molecule has 0 saturated heterocycles. The molecule has 1 unspecified atom stereocenters. The van der Waals surface area contributed by atoms with Crippen LogP contribution in [0.5, 0.6) is 0 Å². The van der Waals surface area contributed by atoms with Crippen LogP contribution in [-0.4, -0.2) is 40.0 Å². The Morgan fingerprint density at radius 2 is 2.05 bits per heavy atom. The fraction of sp³-hybridized carbons (Fsp3) is 0.533. The average Bonchev–Trinajstić information content (AvgIpc) is 2.40. The van der Waals surface area contributed by atoms with Crippen LogP contribution in [0.25, 0.3) is 0 Å². The molecule has 0 heterocycles. The third-order valence-corrected chi connectivity index (χ3v) is 3.06. The number of anilines is 1. The largest absolute Gasteiger partial charge is 0.383 e. The molecule has 1 rings (SSSR count). The number of ether oxygens (including phenoxy) is 2. The van der Waals surface area contributed by atoms with Crippen LogP contribution in [0.3, 0.4) is 0 Å². The molecule has 0 aliphatic rings. The average molecular weight is 262 g/mol. The van der Waals surface area contributed by atoms with Gasteiger partial charge in [0.2, 0.25) is 0 Å². The Morgan fingerprint density at radius 1 is 1.32 bits per heavy atom. The minimum Gasteiger partial charge on any atom is -0.383 e. The number of benzene rings is 1. The van der Waals surface area contributed by atoms with Gasteiger partial charge in [0, 0.05) is 26.8 Å². The Hall–Kier alpha value is -1.57. The third kappa shape index (κ3) is 4.23. The summed E-state index contributed by atoms with van der Waals surface area (Å²) in [7, 11) is 3.37. The van der Waals surface area contributed by atoms with Crippen LogP contribution in [0.1, 0.15) is 18.1 Å². The van der Waals surface area contributed by atoms with Crippen LogP contribution >= 0.6 is 0 Å². The third-order valence-electron chi connectivity index (χ3n) is 3.06. The van der Waals surface area contributed by atoms with Gasteiger partial charge in [-0.3, -0.25) is 0 Å². The van der Waals surface area contributed by atoms with E-state index in [9.17, 15) is 5.26 Å². The maximum atomic E-state index is 9.26. The summed E-state index contributed by atoms with van der Waals surface area (Å²) in [6.07, 6.45) is 0. The first-order valence-electron chi connectivity index (χ1n) is 6.39. The van der Waals surface area contributed by atoms with E-state index in [1.165, 1.54) is 0 Å². The molecule has 1 aromatic carbocycles. The fourth-order valence-electron chi connectivity index (χ4n) is 2.07. The second-order valence-corrected chi connectivity index (χ2v) is 4.62. The van der Waals surface area contributed by atoms with E-state index >= 15 is 0 Å². The summed E-state index contributed by atoms with van der Waals surface area (Å²) in [5.41, 5.74) is 2.77. The van der Waals surface area contributed by atoms with Crippen LogP contribution in [-0.2, 0) is 9.47 Å². The lowest BCUT2D eigenvalue weighted by molar-refractivity contribution is 0.171. The van der Waals surface area contributed by atoms with E-state index < -0.39 is 0 Å². The van der Waals surface area contributed by atoms with Gasteiger partial charge in [0.25, 0.3) is 0 Å². The highest BCUT2D eigenvalue weighted by Gasteiger charge is 2.17. The van der Waals surface area contributed by atoms with Gasteiger partial charge < -0.3 is 14.4 Å². The minimum atomic E-state index is 0.189. The van der Waals surface area contributed by atoms with Crippen molar-refractivity contribution in [2.24, 2.45) is 0 Å². The first kappa shape index (κ1) is 15.5. The van der Waals surface area contributed by atoms with E-state index in [0.717, 1.165) is 17.8 Å². The van der Waals surface area contributed by atoms with Gasteiger partial charge in [0.15, 0.2) is 0 Å². The number of methoxy groups -OCH3 is 2. The lowest BCUT2D eigenvalue weighted by Crippen LogP contribution is -2.39. The van der Waals surface area contributed by atoms with Crippen molar-refractivity contribution < 1.29 is 9.47 Å². The predicted octanol–water partition coefficient (Wildman–Crippen LogP) is 2.35.